The Morgan fingerprint density at radius 1 is 1.25 bits per heavy atom. The van der Waals surface area contributed by atoms with Crippen molar-refractivity contribution in [2.24, 2.45) is 11.3 Å². The van der Waals surface area contributed by atoms with Crippen LogP contribution in [0.25, 0.3) is 0 Å². The van der Waals surface area contributed by atoms with Crippen LogP contribution in [0.4, 0.5) is 5.69 Å². The molecule has 2 aromatic rings. The van der Waals surface area contributed by atoms with Crippen molar-refractivity contribution >= 4 is 23.3 Å². The fourth-order valence-electron chi connectivity index (χ4n) is 5.22. The third kappa shape index (κ3) is 5.79. The van der Waals surface area contributed by atoms with Crippen LogP contribution in [-0.4, -0.2) is 39.7 Å². The van der Waals surface area contributed by atoms with Gasteiger partial charge in [0.05, 0.1) is 11.9 Å². The molecule has 8 nitrogen and oxygen atoms in total. The number of rotatable bonds is 9. The van der Waals surface area contributed by atoms with Crippen molar-refractivity contribution in [1.29, 1.82) is 0 Å². The second-order valence-corrected chi connectivity index (χ2v) is 11.3. The minimum Gasteiger partial charge on any atom is -0.474 e. The number of aromatic nitrogens is 2. The Morgan fingerprint density at radius 3 is 2.64 bits per heavy atom. The minimum absolute atomic E-state index is 0.0565. The smallest absolute Gasteiger partial charge is 0.268 e. The predicted octanol–water partition coefficient (Wildman–Crippen LogP) is 4.98. The topological polar surface area (TPSA) is 113 Å². The molecule has 4 rings (SSSR count). The molecule has 1 atom stereocenters. The molecule has 1 saturated carbocycles. The van der Waals surface area contributed by atoms with Crippen molar-refractivity contribution < 1.29 is 19.1 Å². The molecule has 2 aromatic heterocycles. The Morgan fingerprint density at radius 2 is 2.00 bits per heavy atom. The largest absolute Gasteiger partial charge is 0.474 e. The number of amides is 2. The average Bonchev–Trinajstić information content (AvgIpc) is 3.11. The number of ketones is 1. The molecule has 0 aliphatic heterocycles. The van der Waals surface area contributed by atoms with Crippen LogP contribution >= 0.6 is 0 Å². The van der Waals surface area contributed by atoms with Gasteiger partial charge in [-0.2, -0.15) is 0 Å². The Labute approximate surface area is 213 Å². The molecular weight excluding hydrogens is 456 g/mol. The molecule has 0 saturated heterocycles. The quantitative estimate of drug-likeness (QED) is 0.455. The van der Waals surface area contributed by atoms with Crippen molar-refractivity contribution in [3.8, 4) is 5.88 Å². The SMILES string of the molecule is CCCCC(NC(=O)c1[nH]c2c(c1C)C(=O)CC(C)(C)C2)C(=O)Nc1ccc(OC2CC(C)C2)nc1. The molecule has 0 spiro atoms. The fraction of sp³-hybridized carbons (Fsp3) is 0.571. The van der Waals surface area contributed by atoms with Gasteiger partial charge in [0.15, 0.2) is 5.78 Å². The highest BCUT2D eigenvalue weighted by Crippen LogP contribution is 2.36. The Balaban J connectivity index is 1.43. The molecule has 0 aromatic carbocycles. The zero-order valence-corrected chi connectivity index (χ0v) is 22.0. The number of fused-ring (bicyclic) bond motifs is 1. The van der Waals surface area contributed by atoms with E-state index >= 15 is 0 Å². The molecule has 8 heteroatoms. The summed E-state index contributed by atoms with van der Waals surface area (Å²) in [6, 6.07) is 2.80. The van der Waals surface area contributed by atoms with Gasteiger partial charge in [0, 0.05) is 23.7 Å². The second-order valence-electron chi connectivity index (χ2n) is 11.3. The van der Waals surface area contributed by atoms with Crippen molar-refractivity contribution in [3.05, 3.63) is 40.8 Å². The molecule has 0 radical (unpaired) electrons. The monoisotopic (exact) mass is 494 g/mol. The van der Waals surface area contributed by atoms with E-state index in [1.807, 2.05) is 6.92 Å². The maximum absolute atomic E-state index is 13.2. The van der Waals surface area contributed by atoms with E-state index in [1.165, 1.54) is 0 Å². The van der Waals surface area contributed by atoms with Gasteiger partial charge in [-0.15, -0.1) is 0 Å². The number of ether oxygens (including phenoxy) is 1. The normalized spacial score (nSPS) is 21.2. The van der Waals surface area contributed by atoms with E-state index in [0.29, 0.717) is 53.6 Å². The molecule has 36 heavy (non-hydrogen) atoms. The summed E-state index contributed by atoms with van der Waals surface area (Å²) >= 11 is 0. The van der Waals surface area contributed by atoms with Crippen molar-refractivity contribution in [2.75, 3.05) is 5.32 Å². The summed E-state index contributed by atoms with van der Waals surface area (Å²) in [5.74, 6) is 0.619. The summed E-state index contributed by atoms with van der Waals surface area (Å²) in [5, 5.41) is 5.76. The first-order chi connectivity index (χ1) is 17.1. The number of unbranched alkanes of at least 4 members (excludes halogenated alkanes) is 1. The first kappa shape index (κ1) is 25.9. The summed E-state index contributed by atoms with van der Waals surface area (Å²) in [7, 11) is 0. The van der Waals surface area contributed by atoms with Crippen LogP contribution in [0.3, 0.4) is 0 Å². The lowest BCUT2D eigenvalue weighted by Crippen LogP contribution is -2.44. The summed E-state index contributed by atoms with van der Waals surface area (Å²) in [4.78, 5) is 46.5. The molecule has 1 fully saturated rings. The standard InChI is InChI=1S/C28H38N4O4/c1-6-7-8-20(26(34)30-18-9-10-23(29-15-18)36-19-11-16(2)12-19)32-27(35)25-17(3)24-21(31-25)13-28(4,5)14-22(24)33/h9-10,15-16,19-20,31H,6-8,11-14H2,1-5H3,(H,30,34)(H,32,35). The maximum Gasteiger partial charge on any atom is 0.268 e. The lowest BCUT2D eigenvalue weighted by molar-refractivity contribution is -0.118. The van der Waals surface area contributed by atoms with Gasteiger partial charge in [0.25, 0.3) is 5.91 Å². The van der Waals surface area contributed by atoms with Gasteiger partial charge in [0.2, 0.25) is 11.8 Å². The highest BCUT2D eigenvalue weighted by molar-refractivity contribution is 6.06. The van der Waals surface area contributed by atoms with E-state index < -0.39 is 6.04 Å². The second kappa shape index (κ2) is 10.4. The van der Waals surface area contributed by atoms with Gasteiger partial charge < -0.3 is 20.4 Å². The van der Waals surface area contributed by atoms with E-state index in [0.717, 1.165) is 31.4 Å². The lowest BCUT2D eigenvalue weighted by atomic mass is 9.75. The first-order valence-corrected chi connectivity index (χ1v) is 13.1. The number of H-pyrrole nitrogens is 1. The van der Waals surface area contributed by atoms with E-state index in [9.17, 15) is 14.4 Å². The average molecular weight is 495 g/mol. The van der Waals surface area contributed by atoms with Gasteiger partial charge >= 0.3 is 0 Å². The summed E-state index contributed by atoms with van der Waals surface area (Å²) in [6.45, 7) is 10.1. The third-order valence-corrected chi connectivity index (χ3v) is 7.22. The number of carbonyl (C=O) groups is 3. The van der Waals surface area contributed by atoms with Crippen LogP contribution < -0.4 is 15.4 Å². The number of nitrogens with zero attached hydrogens (tertiary/aromatic N) is 1. The molecule has 2 heterocycles. The zero-order chi connectivity index (χ0) is 26.0. The Hall–Kier alpha value is -3.16. The first-order valence-electron chi connectivity index (χ1n) is 13.1. The van der Waals surface area contributed by atoms with E-state index in [-0.39, 0.29) is 29.1 Å². The number of aromatic amines is 1. The number of carbonyl (C=O) groups excluding carboxylic acids is 3. The summed E-state index contributed by atoms with van der Waals surface area (Å²) in [5.41, 5.74) is 2.83. The number of hydrogen-bond acceptors (Lipinski definition) is 5. The molecular formula is C28H38N4O4. The van der Waals surface area contributed by atoms with Gasteiger partial charge in [0.1, 0.15) is 17.8 Å². The number of hydrogen-bond donors (Lipinski definition) is 3. The van der Waals surface area contributed by atoms with Gasteiger partial charge in [-0.05, 0) is 55.6 Å². The lowest BCUT2D eigenvalue weighted by Gasteiger charge is -2.32. The molecule has 2 amide bonds. The number of pyridine rings is 1. The van der Waals surface area contributed by atoms with Crippen LogP contribution in [-0.2, 0) is 11.2 Å². The molecule has 2 aliphatic carbocycles. The Bertz CT molecular complexity index is 1130. The summed E-state index contributed by atoms with van der Waals surface area (Å²) < 4.78 is 5.84. The van der Waals surface area contributed by atoms with Crippen molar-refractivity contribution in [3.63, 3.8) is 0 Å². The zero-order valence-electron chi connectivity index (χ0n) is 22.0. The molecule has 3 N–H and O–H groups in total. The van der Waals surface area contributed by atoms with Gasteiger partial charge in [-0.3, -0.25) is 14.4 Å². The Kier molecular flexibility index (Phi) is 7.52. The van der Waals surface area contributed by atoms with Crippen molar-refractivity contribution in [1.82, 2.24) is 15.3 Å². The number of anilines is 1. The molecule has 2 aliphatic rings. The highest BCUT2D eigenvalue weighted by Gasteiger charge is 2.35. The molecule has 194 valence electrons. The van der Waals surface area contributed by atoms with E-state index in [2.05, 4.69) is 41.4 Å². The highest BCUT2D eigenvalue weighted by atomic mass is 16.5. The summed E-state index contributed by atoms with van der Waals surface area (Å²) in [6.07, 6.45) is 7.21. The van der Waals surface area contributed by atoms with Crippen LogP contribution in [0.1, 0.15) is 98.3 Å². The maximum atomic E-state index is 13.2. The van der Waals surface area contributed by atoms with Crippen molar-refractivity contribution in [2.45, 2.75) is 91.7 Å². The van der Waals surface area contributed by atoms with Crippen LogP contribution in [0.15, 0.2) is 18.3 Å². The van der Waals surface area contributed by atoms with E-state index in [1.54, 1.807) is 25.3 Å². The van der Waals surface area contributed by atoms with Crippen LogP contribution in [0.5, 0.6) is 5.88 Å². The predicted molar refractivity (Wildman–Crippen MR) is 138 cm³/mol. The van der Waals surface area contributed by atoms with Crippen LogP contribution in [0, 0.1) is 18.3 Å². The van der Waals surface area contributed by atoms with Crippen LogP contribution in [0.2, 0.25) is 0 Å². The van der Waals surface area contributed by atoms with E-state index in [4.69, 9.17) is 4.74 Å². The third-order valence-electron chi connectivity index (χ3n) is 7.22. The number of Topliss-reactive ketones (excluding diaryl/α,β-unsaturated/α-hetero) is 1. The molecule has 0 bridgehead atoms. The number of nitrogens with one attached hydrogen (secondary N) is 3. The van der Waals surface area contributed by atoms with Gasteiger partial charge in [-0.25, -0.2) is 4.98 Å². The van der Waals surface area contributed by atoms with Gasteiger partial charge in [-0.1, -0.05) is 40.5 Å². The minimum atomic E-state index is -0.711. The fourth-order valence-corrected chi connectivity index (χ4v) is 5.22. The molecule has 1 unspecified atom stereocenters.